The van der Waals surface area contributed by atoms with Crippen LogP contribution in [0.2, 0.25) is 0 Å². The summed E-state index contributed by atoms with van der Waals surface area (Å²) in [5.41, 5.74) is 9.75. The summed E-state index contributed by atoms with van der Waals surface area (Å²) in [6, 6.07) is 1.93. The van der Waals surface area contributed by atoms with Crippen LogP contribution in [0.1, 0.15) is 23.9 Å². The van der Waals surface area contributed by atoms with E-state index >= 15 is 0 Å². The van der Waals surface area contributed by atoms with E-state index in [1.807, 2.05) is 33.2 Å². The van der Waals surface area contributed by atoms with E-state index in [4.69, 9.17) is 5.73 Å². The molecule has 5 heteroatoms. The van der Waals surface area contributed by atoms with Gasteiger partial charge in [0.05, 0.1) is 0 Å². The highest BCUT2D eigenvalue weighted by atomic mass is 15.3. The van der Waals surface area contributed by atoms with Crippen LogP contribution in [-0.4, -0.2) is 26.3 Å². The zero-order valence-corrected chi connectivity index (χ0v) is 12.0. The van der Waals surface area contributed by atoms with Gasteiger partial charge < -0.3 is 5.73 Å². The lowest BCUT2D eigenvalue weighted by Gasteiger charge is -2.13. The maximum absolute atomic E-state index is 5.69. The Morgan fingerprint density at radius 1 is 1.26 bits per heavy atom. The number of rotatable bonds is 4. The largest absolute Gasteiger partial charge is 0.330 e. The van der Waals surface area contributed by atoms with E-state index in [9.17, 15) is 0 Å². The first kappa shape index (κ1) is 13.7. The third-order valence-corrected chi connectivity index (χ3v) is 3.32. The fraction of sp³-hybridized carbons (Fsp3) is 0.500. The highest BCUT2D eigenvalue weighted by Crippen LogP contribution is 2.19. The molecule has 5 nitrogen and oxygen atoms in total. The monoisotopic (exact) mass is 259 g/mol. The van der Waals surface area contributed by atoms with Crippen molar-refractivity contribution in [2.24, 2.45) is 18.7 Å². The van der Waals surface area contributed by atoms with Gasteiger partial charge in [0.2, 0.25) is 0 Å². The van der Waals surface area contributed by atoms with Crippen molar-refractivity contribution in [1.29, 1.82) is 0 Å². The summed E-state index contributed by atoms with van der Waals surface area (Å²) < 4.78 is 1.76. The molecule has 102 valence electrons. The van der Waals surface area contributed by atoms with Crippen molar-refractivity contribution in [2.75, 3.05) is 6.54 Å². The van der Waals surface area contributed by atoms with Crippen LogP contribution in [0, 0.1) is 19.8 Å². The third-order valence-electron chi connectivity index (χ3n) is 3.32. The molecule has 0 amide bonds. The van der Waals surface area contributed by atoms with E-state index in [1.54, 1.807) is 4.68 Å². The van der Waals surface area contributed by atoms with Crippen LogP contribution in [0.25, 0.3) is 11.5 Å². The van der Waals surface area contributed by atoms with Crippen molar-refractivity contribution in [3.63, 3.8) is 0 Å². The van der Waals surface area contributed by atoms with Crippen LogP contribution in [0.4, 0.5) is 0 Å². The fourth-order valence-electron chi connectivity index (χ4n) is 2.12. The molecule has 0 aliphatic rings. The molecular weight excluding hydrogens is 238 g/mol. The number of nitrogens with two attached hydrogens (primary N) is 1. The third kappa shape index (κ3) is 2.98. The second kappa shape index (κ2) is 5.48. The van der Waals surface area contributed by atoms with Gasteiger partial charge in [-0.1, -0.05) is 6.92 Å². The minimum atomic E-state index is 0.446. The van der Waals surface area contributed by atoms with Gasteiger partial charge in [-0.25, -0.2) is 9.97 Å². The molecule has 2 aromatic rings. The zero-order chi connectivity index (χ0) is 14.0. The van der Waals surface area contributed by atoms with Crippen molar-refractivity contribution in [3.8, 4) is 11.5 Å². The second-order valence-corrected chi connectivity index (χ2v) is 5.12. The predicted octanol–water partition coefficient (Wildman–Crippen LogP) is 1.63. The molecule has 0 aliphatic heterocycles. The quantitative estimate of drug-likeness (QED) is 0.906. The Bertz CT molecular complexity index is 550. The summed E-state index contributed by atoms with van der Waals surface area (Å²) in [5.74, 6) is 1.14. The Balaban J connectivity index is 2.36. The SMILES string of the molecule is Cc1nc(-c2ccn(C)n2)nc(C)c1CC(C)CN. The summed E-state index contributed by atoms with van der Waals surface area (Å²) in [4.78, 5) is 9.15. The Hall–Kier alpha value is -1.75. The molecule has 0 aromatic carbocycles. The van der Waals surface area contributed by atoms with Gasteiger partial charge in [-0.3, -0.25) is 4.68 Å². The molecule has 0 fully saturated rings. The predicted molar refractivity (Wildman–Crippen MR) is 75.6 cm³/mol. The van der Waals surface area contributed by atoms with Gasteiger partial charge in [-0.05, 0) is 44.4 Å². The van der Waals surface area contributed by atoms with Crippen LogP contribution in [0.15, 0.2) is 12.3 Å². The van der Waals surface area contributed by atoms with Gasteiger partial charge in [-0.15, -0.1) is 0 Å². The van der Waals surface area contributed by atoms with Gasteiger partial charge in [-0.2, -0.15) is 5.10 Å². The van der Waals surface area contributed by atoms with E-state index < -0.39 is 0 Å². The van der Waals surface area contributed by atoms with E-state index in [-0.39, 0.29) is 0 Å². The first-order valence-corrected chi connectivity index (χ1v) is 6.55. The number of nitrogens with zero attached hydrogens (tertiary/aromatic N) is 4. The summed E-state index contributed by atoms with van der Waals surface area (Å²) in [6.07, 6.45) is 2.82. The fourth-order valence-corrected chi connectivity index (χ4v) is 2.12. The lowest BCUT2D eigenvalue weighted by Crippen LogP contribution is -2.15. The molecule has 0 radical (unpaired) electrons. The average molecular weight is 259 g/mol. The maximum atomic E-state index is 5.69. The topological polar surface area (TPSA) is 69.6 Å². The Kier molecular flexibility index (Phi) is 3.95. The molecule has 19 heavy (non-hydrogen) atoms. The lowest BCUT2D eigenvalue weighted by atomic mass is 9.99. The molecule has 1 atom stereocenters. The normalized spacial score (nSPS) is 12.7. The lowest BCUT2D eigenvalue weighted by molar-refractivity contribution is 0.586. The number of aromatic nitrogens is 4. The van der Waals surface area contributed by atoms with Crippen molar-refractivity contribution in [3.05, 3.63) is 29.2 Å². The molecule has 2 heterocycles. The van der Waals surface area contributed by atoms with E-state index in [2.05, 4.69) is 22.0 Å². The molecule has 2 rings (SSSR count). The molecule has 2 N–H and O–H groups in total. The van der Waals surface area contributed by atoms with Gasteiger partial charge in [0.25, 0.3) is 0 Å². The van der Waals surface area contributed by atoms with Crippen molar-refractivity contribution in [2.45, 2.75) is 27.2 Å². The molecule has 0 aliphatic carbocycles. The van der Waals surface area contributed by atoms with E-state index in [0.29, 0.717) is 18.3 Å². The van der Waals surface area contributed by atoms with Crippen molar-refractivity contribution >= 4 is 0 Å². The van der Waals surface area contributed by atoms with Crippen LogP contribution in [-0.2, 0) is 13.5 Å². The standard InChI is InChI=1S/C14H21N5/c1-9(8-15)7-12-10(2)16-14(17-11(12)3)13-5-6-19(4)18-13/h5-6,9H,7-8,15H2,1-4H3. The van der Waals surface area contributed by atoms with Crippen LogP contribution in [0.3, 0.4) is 0 Å². The summed E-state index contributed by atoms with van der Waals surface area (Å²) >= 11 is 0. The minimum absolute atomic E-state index is 0.446. The Labute approximate surface area is 113 Å². The van der Waals surface area contributed by atoms with E-state index in [0.717, 1.165) is 23.5 Å². The molecule has 0 spiro atoms. The van der Waals surface area contributed by atoms with Crippen LogP contribution >= 0.6 is 0 Å². The first-order valence-electron chi connectivity index (χ1n) is 6.55. The Morgan fingerprint density at radius 3 is 2.37 bits per heavy atom. The molecule has 0 saturated carbocycles. The summed E-state index contributed by atoms with van der Waals surface area (Å²) in [6.45, 7) is 6.88. The number of hydrogen-bond acceptors (Lipinski definition) is 4. The van der Waals surface area contributed by atoms with Gasteiger partial charge in [0.15, 0.2) is 5.82 Å². The average Bonchev–Trinajstić information content (AvgIpc) is 2.80. The molecule has 0 bridgehead atoms. The summed E-state index contributed by atoms with van der Waals surface area (Å²) in [7, 11) is 1.89. The van der Waals surface area contributed by atoms with Crippen LogP contribution in [0.5, 0.6) is 0 Å². The van der Waals surface area contributed by atoms with Crippen LogP contribution < -0.4 is 5.73 Å². The molecule has 0 saturated heterocycles. The number of aryl methyl sites for hydroxylation is 3. The van der Waals surface area contributed by atoms with Crippen molar-refractivity contribution in [1.82, 2.24) is 19.7 Å². The minimum Gasteiger partial charge on any atom is -0.330 e. The van der Waals surface area contributed by atoms with Gasteiger partial charge in [0, 0.05) is 24.6 Å². The van der Waals surface area contributed by atoms with Crippen molar-refractivity contribution < 1.29 is 0 Å². The Morgan fingerprint density at radius 2 is 1.89 bits per heavy atom. The van der Waals surface area contributed by atoms with Gasteiger partial charge >= 0.3 is 0 Å². The second-order valence-electron chi connectivity index (χ2n) is 5.12. The molecular formula is C14H21N5. The number of hydrogen-bond donors (Lipinski definition) is 1. The zero-order valence-electron chi connectivity index (χ0n) is 12.0. The molecule has 2 aromatic heterocycles. The highest BCUT2D eigenvalue weighted by Gasteiger charge is 2.13. The summed E-state index contributed by atoms with van der Waals surface area (Å²) in [5, 5.41) is 4.34. The molecule has 1 unspecified atom stereocenters. The van der Waals surface area contributed by atoms with Gasteiger partial charge in [0.1, 0.15) is 5.69 Å². The highest BCUT2D eigenvalue weighted by molar-refractivity contribution is 5.49. The first-order chi connectivity index (χ1) is 9.01. The maximum Gasteiger partial charge on any atom is 0.180 e. The smallest absolute Gasteiger partial charge is 0.180 e. The van der Waals surface area contributed by atoms with E-state index in [1.165, 1.54) is 5.56 Å².